The van der Waals surface area contributed by atoms with Crippen LogP contribution in [0.3, 0.4) is 0 Å². The van der Waals surface area contributed by atoms with Crippen molar-refractivity contribution in [3.05, 3.63) is 34.9 Å². The molecule has 3 nitrogen and oxygen atoms in total. The van der Waals surface area contributed by atoms with E-state index in [0.717, 1.165) is 5.56 Å². The molecule has 0 spiro atoms. The van der Waals surface area contributed by atoms with E-state index in [-0.39, 0.29) is 11.8 Å². The quantitative estimate of drug-likeness (QED) is 0.741. The van der Waals surface area contributed by atoms with E-state index in [1.165, 1.54) is 4.90 Å². The summed E-state index contributed by atoms with van der Waals surface area (Å²) >= 11 is 5.76. The van der Waals surface area contributed by atoms with Crippen molar-refractivity contribution in [2.45, 2.75) is 25.8 Å². The highest BCUT2D eigenvalue weighted by atomic mass is 35.5. The lowest BCUT2D eigenvalue weighted by Gasteiger charge is -2.24. The molecule has 0 unspecified atom stereocenters. The Bertz CT molecular complexity index is 398. The van der Waals surface area contributed by atoms with Crippen LogP contribution in [0.2, 0.25) is 5.02 Å². The van der Waals surface area contributed by atoms with Crippen molar-refractivity contribution in [3.63, 3.8) is 0 Å². The van der Waals surface area contributed by atoms with Crippen molar-refractivity contribution in [1.29, 1.82) is 0 Å². The lowest BCUT2D eigenvalue weighted by atomic mass is 10.1. The number of piperidine rings is 1. The first kappa shape index (κ1) is 11.1. The van der Waals surface area contributed by atoms with Gasteiger partial charge in [-0.3, -0.25) is 14.5 Å². The summed E-state index contributed by atoms with van der Waals surface area (Å²) in [6, 6.07) is 7.18. The fourth-order valence-corrected chi connectivity index (χ4v) is 1.87. The van der Waals surface area contributed by atoms with Crippen molar-refractivity contribution in [1.82, 2.24) is 4.90 Å². The largest absolute Gasteiger partial charge is 0.278 e. The molecule has 1 fully saturated rings. The van der Waals surface area contributed by atoms with Gasteiger partial charge >= 0.3 is 0 Å². The van der Waals surface area contributed by atoms with Crippen LogP contribution in [0.25, 0.3) is 0 Å². The van der Waals surface area contributed by atoms with Gasteiger partial charge in [0.25, 0.3) is 0 Å². The van der Waals surface area contributed by atoms with Crippen LogP contribution < -0.4 is 0 Å². The Hall–Kier alpha value is -1.35. The number of carbonyl (C=O) groups is 2. The number of halogens is 1. The summed E-state index contributed by atoms with van der Waals surface area (Å²) in [6.45, 7) is 0.356. The molecule has 0 atom stereocenters. The van der Waals surface area contributed by atoms with Crippen molar-refractivity contribution < 1.29 is 9.59 Å². The highest BCUT2D eigenvalue weighted by Gasteiger charge is 2.25. The predicted molar refractivity (Wildman–Crippen MR) is 60.9 cm³/mol. The zero-order valence-electron chi connectivity index (χ0n) is 8.78. The van der Waals surface area contributed by atoms with Gasteiger partial charge in [-0.25, -0.2) is 0 Å². The molecular weight excluding hydrogens is 226 g/mol. The minimum absolute atomic E-state index is 0.0776. The molecular formula is C12H12ClNO2. The molecule has 1 aromatic carbocycles. The maximum absolute atomic E-state index is 11.6. The van der Waals surface area contributed by atoms with E-state index >= 15 is 0 Å². The summed E-state index contributed by atoms with van der Waals surface area (Å²) < 4.78 is 0. The molecule has 0 N–H and O–H groups in total. The summed E-state index contributed by atoms with van der Waals surface area (Å²) in [5, 5.41) is 0.653. The van der Waals surface area contributed by atoms with Crippen LogP contribution in [-0.2, 0) is 16.1 Å². The number of likely N-dealkylation sites (tertiary alicyclic amines) is 1. The van der Waals surface area contributed by atoms with Gasteiger partial charge in [-0.15, -0.1) is 0 Å². The van der Waals surface area contributed by atoms with Crippen molar-refractivity contribution >= 4 is 23.4 Å². The second-order valence-electron chi connectivity index (χ2n) is 3.85. The molecule has 1 heterocycles. The highest BCUT2D eigenvalue weighted by molar-refractivity contribution is 6.30. The van der Waals surface area contributed by atoms with Crippen LogP contribution in [0.5, 0.6) is 0 Å². The summed E-state index contributed by atoms with van der Waals surface area (Å²) in [4.78, 5) is 24.4. The SMILES string of the molecule is O=C1CCCC(=O)N1Cc1ccc(Cl)cc1. The number of hydrogen-bond donors (Lipinski definition) is 0. The number of benzene rings is 1. The summed E-state index contributed by atoms with van der Waals surface area (Å²) in [7, 11) is 0. The monoisotopic (exact) mass is 237 g/mol. The molecule has 0 bridgehead atoms. The fourth-order valence-electron chi connectivity index (χ4n) is 1.75. The minimum Gasteiger partial charge on any atom is -0.278 e. The number of hydrogen-bond acceptors (Lipinski definition) is 2. The van der Waals surface area contributed by atoms with E-state index in [4.69, 9.17) is 11.6 Å². The topological polar surface area (TPSA) is 37.4 Å². The molecule has 4 heteroatoms. The van der Waals surface area contributed by atoms with Gasteiger partial charge in [0.15, 0.2) is 0 Å². The van der Waals surface area contributed by atoms with Crippen molar-refractivity contribution in [2.24, 2.45) is 0 Å². The number of imide groups is 1. The van der Waals surface area contributed by atoms with E-state index in [9.17, 15) is 9.59 Å². The van der Waals surface area contributed by atoms with Gasteiger partial charge < -0.3 is 0 Å². The smallest absolute Gasteiger partial charge is 0.229 e. The Balaban J connectivity index is 2.10. The van der Waals surface area contributed by atoms with Crippen LogP contribution in [-0.4, -0.2) is 16.7 Å². The van der Waals surface area contributed by atoms with E-state index in [0.29, 0.717) is 30.8 Å². The molecule has 2 rings (SSSR count). The Morgan fingerprint density at radius 3 is 2.19 bits per heavy atom. The van der Waals surface area contributed by atoms with E-state index < -0.39 is 0 Å². The van der Waals surface area contributed by atoms with E-state index in [2.05, 4.69) is 0 Å². The molecule has 0 radical (unpaired) electrons. The van der Waals surface area contributed by atoms with Crippen LogP contribution in [0.4, 0.5) is 0 Å². The van der Waals surface area contributed by atoms with Gasteiger partial charge in [-0.2, -0.15) is 0 Å². The molecule has 1 aliphatic rings. The molecule has 1 aliphatic heterocycles. The third kappa shape index (κ3) is 2.42. The van der Waals surface area contributed by atoms with Crippen molar-refractivity contribution in [2.75, 3.05) is 0 Å². The zero-order valence-corrected chi connectivity index (χ0v) is 9.54. The second kappa shape index (κ2) is 4.66. The molecule has 2 amide bonds. The normalized spacial score (nSPS) is 16.7. The summed E-state index contributed by atoms with van der Waals surface area (Å²) in [5.74, 6) is -0.155. The van der Waals surface area contributed by atoms with Crippen LogP contribution in [0.15, 0.2) is 24.3 Å². The third-order valence-electron chi connectivity index (χ3n) is 2.64. The number of carbonyl (C=O) groups excluding carboxylic acids is 2. The van der Waals surface area contributed by atoms with Gasteiger partial charge in [-0.1, -0.05) is 23.7 Å². The van der Waals surface area contributed by atoms with Gasteiger partial charge in [-0.05, 0) is 24.1 Å². The first-order chi connectivity index (χ1) is 7.66. The van der Waals surface area contributed by atoms with E-state index in [1.54, 1.807) is 12.1 Å². The Morgan fingerprint density at radius 1 is 1.06 bits per heavy atom. The number of rotatable bonds is 2. The predicted octanol–water partition coefficient (Wildman–Crippen LogP) is 2.38. The maximum Gasteiger partial charge on any atom is 0.229 e. The Morgan fingerprint density at radius 2 is 1.62 bits per heavy atom. The molecule has 0 saturated carbocycles. The minimum atomic E-state index is -0.0776. The maximum atomic E-state index is 11.6. The molecule has 84 valence electrons. The second-order valence-corrected chi connectivity index (χ2v) is 4.29. The highest BCUT2D eigenvalue weighted by Crippen LogP contribution is 2.17. The van der Waals surface area contributed by atoms with Gasteiger partial charge in [0, 0.05) is 17.9 Å². The molecule has 1 saturated heterocycles. The average Bonchev–Trinajstić information content (AvgIpc) is 2.26. The standard InChI is InChI=1S/C12H12ClNO2/c13-10-6-4-9(5-7-10)8-14-11(15)2-1-3-12(14)16/h4-7H,1-3,8H2. The molecule has 1 aromatic rings. The van der Waals surface area contributed by atoms with Gasteiger partial charge in [0.1, 0.15) is 0 Å². The number of amides is 2. The van der Waals surface area contributed by atoms with Gasteiger partial charge in [0.05, 0.1) is 6.54 Å². The van der Waals surface area contributed by atoms with Crippen molar-refractivity contribution in [3.8, 4) is 0 Å². The average molecular weight is 238 g/mol. The van der Waals surface area contributed by atoms with Crippen LogP contribution in [0, 0.1) is 0 Å². The van der Waals surface area contributed by atoms with Crippen LogP contribution in [0.1, 0.15) is 24.8 Å². The van der Waals surface area contributed by atoms with Gasteiger partial charge in [0.2, 0.25) is 11.8 Å². The first-order valence-corrected chi connectivity index (χ1v) is 5.62. The molecule has 16 heavy (non-hydrogen) atoms. The number of nitrogens with zero attached hydrogens (tertiary/aromatic N) is 1. The lowest BCUT2D eigenvalue weighted by molar-refractivity contribution is -0.148. The Labute approximate surface area is 99.0 Å². The molecule has 0 aromatic heterocycles. The van der Waals surface area contributed by atoms with E-state index in [1.807, 2.05) is 12.1 Å². The zero-order chi connectivity index (χ0) is 11.5. The summed E-state index contributed by atoms with van der Waals surface area (Å²) in [6.07, 6.45) is 1.62. The third-order valence-corrected chi connectivity index (χ3v) is 2.89. The first-order valence-electron chi connectivity index (χ1n) is 5.24. The lowest BCUT2D eigenvalue weighted by Crippen LogP contribution is -2.39. The fraction of sp³-hybridized carbons (Fsp3) is 0.333. The summed E-state index contributed by atoms with van der Waals surface area (Å²) in [5.41, 5.74) is 0.924. The Kier molecular flexibility index (Phi) is 3.25. The molecule has 0 aliphatic carbocycles. The van der Waals surface area contributed by atoms with Crippen LogP contribution >= 0.6 is 11.6 Å².